The molecule has 0 bridgehead atoms. The van der Waals surface area contributed by atoms with Crippen LogP contribution in [0.1, 0.15) is 18.1 Å². The first-order valence-corrected chi connectivity index (χ1v) is 5.88. The molecule has 0 aliphatic rings. The molecule has 1 aromatic carbocycles. The molecule has 0 spiro atoms. The first-order valence-electron chi connectivity index (χ1n) is 5.88. The third-order valence-electron chi connectivity index (χ3n) is 2.34. The van der Waals surface area contributed by atoms with Crippen molar-refractivity contribution >= 4 is 5.96 Å². The molecule has 0 unspecified atom stereocenters. The second kappa shape index (κ2) is 7.33. The van der Waals surface area contributed by atoms with Crippen LogP contribution in [0.5, 0.6) is 0 Å². The van der Waals surface area contributed by atoms with E-state index in [0.717, 1.165) is 12.1 Å². The molecule has 2 N–H and O–H groups in total. The van der Waals surface area contributed by atoms with Gasteiger partial charge in [-0.25, -0.2) is 9.38 Å². The van der Waals surface area contributed by atoms with Crippen LogP contribution in [0, 0.1) is 25.1 Å². The molecule has 0 aliphatic heterocycles. The molecule has 96 valence electrons. The number of aliphatic imine (C=N–C) groups is 1. The molecule has 1 rings (SSSR count). The second-order valence-corrected chi connectivity index (χ2v) is 3.84. The Hall–Kier alpha value is -2.02. The highest BCUT2D eigenvalue weighted by Gasteiger charge is 1.99. The summed E-state index contributed by atoms with van der Waals surface area (Å²) in [6.45, 7) is 5.40. The van der Waals surface area contributed by atoms with E-state index >= 15 is 0 Å². The fourth-order valence-corrected chi connectivity index (χ4v) is 1.45. The van der Waals surface area contributed by atoms with Gasteiger partial charge in [-0.2, -0.15) is 0 Å². The van der Waals surface area contributed by atoms with Gasteiger partial charge in [0.25, 0.3) is 0 Å². The lowest BCUT2D eigenvalue weighted by molar-refractivity contribution is 0.617. The standard InChI is InChI=1S/C14H18FN3/c1-4-8-17-14(16-5-2)18-10-12-6-7-13(15)11(3)9-12/h1,6-7,9H,5,8,10H2,2-3H3,(H2,16,17,18). The highest BCUT2D eigenvalue weighted by molar-refractivity contribution is 5.79. The second-order valence-electron chi connectivity index (χ2n) is 3.84. The van der Waals surface area contributed by atoms with Crippen molar-refractivity contribution in [3.05, 3.63) is 35.1 Å². The van der Waals surface area contributed by atoms with E-state index in [-0.39, 0.29) is 5.82 Å². The minimum atomic E-state index is -0.194. The number of aryl methyl sites for hydroxylation is 1. The Kier molecular flexibility index (Phi) is 5.72. The van der Waals surface area contributed by atoms with Crippen molar-refractivity contribution in [1.82, 2.24) is 10.6 Å². The van der Waals surface area contributed by atoms with Gasteiger partial charge in [-0.3, -0.25) is 0 Å². The molecular formula is C14H18FN3. The van der Waals surface area contributed by atoms with Crippen LogP contribution in [-0.2, 0) is 6.54 Å². The van der Waals surface area contributed by atoms with E-state index in [0.29, 0.717) is 24.6 Å². The van der Waals surface area contributed by atoms with Crippen LogP contribution in [0.4, 0.5) is 4.39 Å². The zero-order valence-electron chi connectivity index (χ0n) is 10.8. The SMILES string of the molecule is C#CCNC(=NCc1ccc(F)c(C)c1)NCC. The highest BCUT2D eigenvalue weighted by Crippen LogP contribution is 2.09. The molecule has 18 heavy (non-hydrogen) atoms. The smallest absolute Gasteiger partial charge is 0.192 e. The number of hydrogen-bond acceptors (Lipinski definition) is 1. The van der Waals surface area contributed by atoms with Crippen molar-refractivity contribution in [3.8, 4) is 12.3 Å². The molecule has 0 amide bonds. The number of halogens is 1. The van der Waals surface area contributed by atoms with Crippen molar-refractivity contribution in [2.24, 2.45) is 4.99 Å². The molecule has 0 saturated carbocycles. The summed E-state index contributed by atoms with van der Waals surface area (Å²) in [5.74, 6) is 2.96. The van der Waals surface area contributed by atoms with Crippen molar-refractivity contribution < 1.29 is 4.39 Å². The Morgan fingerprint density at radius 1 is 1.44 bits per heavy atom. The van der Waals surface area contributed by atoms with Crippen molar-refractivity contribution in [3.63, 3.8) is 0 Å². The summed E-state index contributed by atoms with van der Waals surface area (Å²) in [4.78, 5) is 4.37. The van der Waals surface area contributed by atoms with Crippen LogP contribution >= 0.6 is 0 Å². The maximum absolute atomic E-state index is 13.1. The Bertz CT molecular complexity index is 461. The number of terminal acetylenes is 1. The topological polar surface area (TPSA) is 36.4 Å². The Morgan fingerprint density at radius 2 is 2.22 bits per heavy atom. The molecular weight excluding hydrogens is 229 g/mol. The Morgan fingerprint density at radius 3 is 2.83 bits per heavy atom. The molecule has 0 fully saturated rings. The maximum atomic E-state index is 13.1. The molecule has 0 heterocycles. The number of nitrogens with one attached hydrogen (secondary N) is 2. The molecule has 0 saturated heterocycles. The fraction of sp³-hybridized carbons (Fsp3) is 0.357. The van der Waals surface area contributed by atoms with Gasteiger partial charge >= 0.3 is 0 Å². The van der Waals surface area contributed by atoms with Crippen molar-refractivity contribution in [2.45, 2.75) is 20.4 Å². The van der Waals surface area contributed by atoms with Gasteiger partial charge in [0.15, 0.2) is 5.96 Å². The number of nitrogens with zero attached hydrogens (tertiary/aromatic N) is 1. The lowest BCUT2D eigenvalue weighted by Crippen LogP contribution is -2.37. The van der Waals surface area contributed by atoms with Gasteiger partial charge in [-0.1, -0.05) is 18.1 Å². The molecule has 1 aromatic rings. The van der Waals surface area contributed by atoms with Crippen LogP contribution < -0.4 is 10.6 Å². The number of hydrogen-bond donors (Lipinski definition) is 2. The van der Waals surface area contributed by atoms with Crippen LogP contribution in [0.2, 0.25) is 0 Å². The van der Waals surface area contributed by atoms with E-state index < -0.39 is 0 Å². The van der Waals surface area contributed by atoms with Crippen LogP contribution in [0.15, 0.2) is 23.2 Å². The first kappa shape index (κ1) is 14.0. The lowest BCUT2D eigenvalue weighted by atomic mass is 10.1. The molecule has 0 atom stereocenters. The Labute approximate surface area is 108 Å². The molecule has 0 radical (unpaired) electrons. The van der Waals surface area contributed by atoms with Crippen molar-refractivity contribution in [1.29, 1.82) is 0 Å². The number of guanidine groups is 1. The molecule has 0 aliphatic carbocycles. The van der Waals surface area contributed by atoms with E-state index in [1.54, 1.807) is 19.1 Å². The van der Waals surface area contributed by atoms with Gasteiger partial charge in [0.05, 0.1) is 13.1 Å². The molecule has 0 aromatic heterocycles. The van der Waals surface area contributed by atoms with E-state index in [1.165, 1.54) is 6.07 Å². The monoisotopic (exact) mass is 247 g/mol. The maximum Gasteiger partial charge on any atom is 0.192 e. The summed E-state index contributed by atoms with van der Waals surface area (Å²) in [5.41, 5.74) is 1.59. The third kappa shape index (κ3) is 4.46. The average molecular weight is 247 g/mol. The predicted octanol–water partition coefficient (Wildman–Crippen LogP) is 1.82. The van der Waals surface area contributed by atoms with Crippen LogP contribution in [0.3, 0.4) is 0 Å². The number of rotatable bonds is 4. The predicted molar refractivity (Wildman–Crippen MR) is 72.8 cm³/mol. The Balaban J connectivity index is 2.68. The van der Waals surface area contributed by atoms with E-state index in [2.05, 4.69) is 21.5 Å². The minimum Gasteiger partial charge on any atom is -0.357 e. The fourth-order valence-electron chi connectivity index (χ4n) is 1.45. The molecule has 3 nitrogen and oxygen atoms in total. The normalized spacial score (nSPS) is 10.9. The summed E-state index contributed by atoms with van der Waals surface area (Å²) < 4.78 is 13.1. The van der Waals surface area contributed by atoms with Gasteiger partial charge in [-0.05, 0) is 31.0 Å². The highest BCUT2D eigenvalue weighted by atomic mass is 19.1. The van der Waals surface area contributed by atoms with Gasteiger partial charge in [0, 0.05) is 6.54 Å². The zero-order chi connectivity index (χ0) is 13.4. The lowest BCUT2D eigenvalue weighted by Gasteiger charge is -2.09. The molecule has 4 heteroatoms. The van der Waals surface area contributed by atoms with Crippen LogP contribution in [0.25, 0.3) is 0 Å². The van der Waals surface area contributed by atoms with E-state index in [9.17, 15) is 4.39 Å². The number of benzene rings is 1. The van der Waals surface area contributed by atoms with Gasteiger partial charge < -0.3 is 10.6 Å². The zero-order valence-corrected chi connectivity index (χ0v) is 10.8. The average Bonchev–Trinajstić information content (AvgIpc) is 2.37. The van der Waals surface area contributed by atoms with Crippen LogP contribution in [-0.4, -0.2) is 19.0 Å². The summed E-state index contributed by atoms with van der Waals surface area (Å²) in [6, 6.07) is 4.99. The van der Waals surface area contributed by atoms with Crippen molar-refractivity contribution in [2.75, 3.05) is 13.1 Å². The van der Waals surface area contributed by atoms with E-state index in [1.807, 2.05) is 6.92 Å². The summed E-state index contributed by atoms with van der Waals surface area (Å²) in [7, 11) is 0. The summed E-state index contributed by atoms with van der Waals surface area (Å²) in [6.07, 6.45) is 5.18. The van der Waals surface area contributed by atoms with Gasteiger partial charge in [-0.15, -0.1) is 6.42 Å². The quantitative estimate of drug-likeness (QED) is 0.484. The largest absolute Gasteiger partial charge is 0.357 e. The van der Waals surface area contributed by atoms with Gasteiger partial charge in [0.2, 0.25) is 0 Å². The van der Waals surface area contributed by atoms with E-state index in [4.69, 9.17) is 6.42 Å². The summed E-state index contributed by atoms with van der Waals surface area (Å²) in [5, 5.41) is 6.08. The summed E-state index contributed by atoms with van der Waals surface area (Å²) >= 11 is 0. The minimum absolute atomic E-state index is 0.194. The third-order valence-corrected chi connectivity index (χ3v) is 2.34. The first-order chi connectivity index (χ1) is 8.67. The van der Waals surface area contributed by atoms with Gasteiger partial charge in [0.1, 0.15) is 5.82 Å².